The van der Waals surface area contributed by atoms with Crippen molar-refractivity contribution in [2.75, 3.05) is 20.2 Å². The van der Waals surface area contributed by atoms with Crippen LogP contribution in [0.2, 0.25) is 0 Å². The van der Waals surface area contributed by atoms with Gasteiger partial charge in [0.1, 0.15) is 6.29 Å². The van der Waals surface area contributed by atoms with Crippen LogP contribution in [0.25, 0.3) is 0 Å². The monoisotopic (exact) mass is 201 g/mol. The van der Waals surface area contributed by atoms with Gasteiger partial charge in [0.25, 0.3) is 0 Å². The Morgan fingerprint density at radius 3 is 1.93 bits per heavy atom. The summed E-state index contributed by atoms with van der Waals surface area (Å²) in [6.07, 6.45) is 3.13. The van der Waals surface area contributed by atoms with Crippen molar-refractivity contribution in [2.45, 2.75) is 39.2 Å². The largest absolute Gasteiger partial charge is 0.379 e. The van der Waals surface area contributed by atoms with Gasteiger partial charge in [-0.25, -0.2) is 0 Å². The highest BCUT2D eigenvalue weighted by Gasteiger charge is 2.09. The van der Waals surface area contributed by atoms with Gasteiger partial charge in [0.2, 0.25) is 0 Å². The number of carbonyl (C=O) groups is 1. The van der Waals surface area contributed by atoms with Crippen molar-refractivity contribution in [1.29, 1.82) is 0 Å². The number of carbonyl (C=O) groups excluding carboxylic acids is 1. The van der Waals surface area contributed by atoms with Crippen LogP contribution in [0.3, 0.4) is 0 Å². The predicted octanol–water partition coefficient (Wildman–Crippen LogP) is 1.62. The maximum Gasteiger partial charge on any atom is 0.123 e. The van der Waals surface area contributed by atoms with Crippen molar-refractivity contribution < 1.29 is 9.53 Å². The number of rotatable bonds is 1. The molecule has 0 aromatic heterocycles. The number of aldehydes is 1. The van der Waals surface area contributed by atoms with Crippen molar-refractivity contribution >= 4 is 6.29 Å². The summed E-state index contributed by atoms with van der Waals surface area (Å²) in [5, 5.41) is 3.19. The molecule has 1 saturated heterocycles. The summed E-state index contributed by atoms with van der Waals surface area (Å²) in [6.45, 7) is 8.10. The van der Waals surface area contributed by atoms with E-state index in [1.165, 1.54) is 0 Å². The minimum absolute atomic E-state index is 0.0417. The Hall–Kier alpha value is -0.410. The van der Waals surface area contributed by atoms with Gasteiger partial charge in [-0.3, -0.25) is 0 Å². The second-order valence-electron chi connectivity index (χ2n) is 4.54. The fourth-order valence-corrected chi connectivity index (χ4v) is 0.980. The van der Waals surface area contributed by atoms with Crippen molar-refractivity contribution in [2.24, 2.45) is 5.92 Å². The number of nitrogens with one attached hydrogen (secondary N) is 1. The van der Waals surface area contributed by atoms with E-state index in [2.05, 4.69) is 5.32 Å². The fourth-order valence-electron chi connectivity index (χ4n) is 0.980. The Morgan fingerprint density at radius 1 is 1.29 bits per heavy atom. The first kappa shape index (κ1) is 13.6. The predicted molar refractivity (Wildman–Crippen MR) is 58.4 cm³/mol. The lowest BCUT2D eigenvalue weighted by atomic mass is 10.0. The minimum atomic E-state index is 0.0417. The number of ether oxygens (including phenoxy) is 1. The van der Waals surface area contributed by atoms with Crippen molar-refractivity contribution in [3.8, 4) is 0 Å². The van der Waals surface area contributed by atoms with E-state index < -0.39 is 0 Å². The zero-order valence-electron chi connectivity index (χ0n) is 9.80. The number of piperidine rings is 1. The summed E-state index contributed by atoms with van der Waals surface area (Å²) >= 11 is 0. The maximum absolute atomic E-state index is 10.1. The normalized spacial score (nSPS) is 18.3. The summed E-state index contributed by atoms with van der Waals surface area (Å²) < 4.78 is 4.94. The van der Waals surface area contributed by atoms with Gasteiger partial charge >= 0.3 is 0 Å². The molecule has 1 heterocycles. The second kappa shape index (κ2) is 6.96. The lowest BCUT2D eigenvalue weighted by Gasteiger charge is -2.16. The van der Waals surface area contributed by atoms with Crippen LogP contribution >= 0.6 is 0 Å². The summed E-state index contributed by atoms with van der Waals surface area (Å²) in [5.74, 6) is 0.344. The first-order chi connectivity index (χ1) is 6.49. The molecule has 0 atom stereocenters. The Labute approximate surface area is 87.2 Å². The smallest absolute Gasteiger partial charge is 0.123 e. The van der Waals surface area contributed by atoms with Crippen molar-refractivity contribution in [3.05, 3.63) is 0 Å². The van der Waals surface area contributed by atoms with E-state index in [9.17, 15) is 4.79 Å². The molecule has 0 aromatic carbocycles. The molecule has 0 aliphatic carbocycles. The highest BCUT2D eigenvalue weighted by Crippen LogP contribution is 2.06. The van der Waals surface area contributed by atoms with Crippen LogP contribution in [0.15, 0.2) is 0 Å². The van der Waals surface area contributed by atoms with Crippen LogP contribution in [-0.2, 0) is 9.53 Å². The van der Waals surface area contributed by atoms with E-state index in [0.29, 0.717) is 5.92 Å². The fraction of sp³-hybridized carbons (Fsp3) is 0.909. The molecule has 84 valence electrons. The van der Waals surface area contributed by atoms with Crippen LogP contribution in [-0.4, -0.2) is 32.1 Å². The summed E-state index contributed by atoms with van der Waals surface area (Å²) in [7, 11) is 1.71. The summed E-state index contributed by atoms with van der Waals surface area (Å²) in [6, 6.07) is 0. The van der Waals surface area contributed by atoms with Gasteiger partial charge in [-0.2, -0.15) is 0 Å². The molecule has 0 amide bonds. The highest BCUT2D eigenvalue weighted by atomic mass is 16.5. The van der Waals surface area contributed by atoms with E-state index in [1.807, 2.05) is 20.8 Å². The van der Waals surface area contributed by atoms with E-state index in [4.69, 9.17) is 4.74 Å². The van der Waals surface area contributed by atoms with Crippen LogP contribution < -0.4 is 5.32 Å². The van der Waals surface area contributed by atoms with Crippen LogP contribution in [0, 0.1) is 5.92 Å². The molecule has 1 fully saturated rings. The van der Waals surface area contributed by atoms with Gasteiger partial charge < -0.3 is 14.8 Å². The molecule has 3 heteroatoms. The molecule has 1 rings (SSSR count). The average Bonchev–Trinajstić information content (AvgIpc) is 2.19. The van der Waals surface area contributed by atoms with Crippen LogP contribution in [0.4, 0.5) is 0 Å². The lowest BCUT2D eigenvalue weighted by molar-refractivity contribution is -0.111. The maximum atomic E-state index is 10.1. The zero-order chi connectivity index (χ0) is 11.0. The number of methoxy groups -OCH3 is 1. The third-order valence-electron chi connectivity index (χ3n) is 2.19. The van der Waals surface area contributed by atoms with E-state index in [1.54, 1.807) is 7.11 Å². The van der Waals surface area contributed by atoms with Gasteiger partial charge in [-0.15, -0.1) is 0 Å². The second-order valence-corrected chi connectivity index (χ2v) is 4.54. The van der Waals surface area contributed by atoms with Crippen LogP contribution in [0.1, 0.15) is 33.6 Å². The molecule has 0 radical (unpaired) electrons. The third-order valence-corrected chi connectivity index (χ3v) is 2.19. The van der Waals surface area contributed by atoms with Crippen molar-refractivity contribution in [3.63, 3.8) is 0 Å². The molecule has 0 saturated carbocycles. The zero-order valence-corrected chi connectivity index (χ0v) is 9.80. The van der Waals surface area contributed by atoms with Crippen LogP contribution in [0.5, 0.6) is 0 Å². The third kappa shape index (κ3) is 8.20. The number of hydrogen-bond donors (Lipinski definition) is 1. The first-order valence-corrected chi connectivity index (χ1v) is 5.21. The first-order valence-electron chi connectivity index (χ1n) is 5.21. The van der Waals surface area contributed by atoms with Crippen molar-refractivity contribution in [1.82, 2.24) is 5.32 Å². The molecule has 0 spiro atoms. The molecule has 1 aliphatic heterocycles. The molecule has 0 aromatic rings. The van der Waals surface area contributed by atoms with Gasteiger partial charge in [0.15, 0.2) is 0 Å². The highest BCUT2D eigenvalue weighted by molar-refractivity contribution is 5.53. The Morgan fingerprint density at radius 2 is 1.71 bits per heavy atom. The standard InChI is InChI=1S/C6H11NO.C5H12O/c8-5-6-1-3-7-4-2-6;1-5(2,3)6-4/h5-7H,1-4H2;1-4H3. The van der Waals surface area contributed by atoms with E-state index >= 15 is 0 Å². The molecule has 0 bridgehead atoms. The summed E-state index contributed by atoms with van der Waals surface area (Å²) in [5.41, 5.74) is 0.0417. The molecule has 0 unspecified atom stereocenters. The van der Waals surface area contributed by atoms with Gasteiger partial charge in [0.05, 0.1) is 5.60 Å². The summed E-state index contributed by atoms with van der Waals surface area (Å²) in [4.78, 5) is 10.1. The van der Waals surface area contributed by atoms with Gasteiger partial charge in [0, 0.05) is 13.0 Å². The Bertz CT molecular complexity index is 146. The molecule has 14 heavy (non-hydrogen) atoms. The molecular weight excluding hydrogens is 178 g/mol. The van der Waals surface area contributed by atoms with E-state index in [0.717, 1.165) is 32.2 Å². The molecule has 3 nitrogen and oxygen atoms in total. The Balaban J connectivity index is 0.000000255. The average molecular weight is 201 g/mol. The topological polar surface area (TPSA) is 38.3 Å². The molecule has 1 aliphatic rings. The quantitative estimate of drug-likeness (QED) is 0.655. The van der Waals surface area contributed by atoms with E-state index in [-0.39, 0.29) is 5.60 Å². The van der Waals surface area contributed by atoms with Gasteiger partial charge in [-0.05, 0) is 46.7 Å². The lowest BCUT2D eigenvalue weighted by Crippen LogP contribution is -2.28. The number of hydrogen-bond acceptors (Lipinski definition) is 3. The molecule has 1 N–H and O–H groups in total. The SMILES string of the molecule is COC(C)(C)C.O=CC1CCNCC1. The minimum Gasteiger partial charge on any atom is -0.379 e. The molecular formula is C11H23NO2. The van der Waals surface area contributed by atoms with Gasteiger partial charge in [-0.1, -0.05) is 0 Å². The Kier molecular flexibility index (Phi) is 6.75.